The van der Waals surface area contributed by atoms with Crippen molar-refractivity contribution in [3.63, 3.8) is 0 Å². The molecule has 0 bridgehead atoms. The molecular formula is C20H24N2O5S. The van der Waals surface area contributed by atoms with Crippen LogP contribution in [0, 0.1) is 0 Å². The molecule has 1 aliphatic heterocycles. The van der Waals surface area contributed by atoms with Crippen LogP contribution in [0.3, 0.4) is 0 Å². The van der Waals surface area contributed by atoms with Crippen molar-refractivity contribution in [3.8, 4) is 0 Å². The number of nitrogens with one attached hydrogen (secondary N) is 2. The van der Waals surface area contributed by atoms with Crippen LogP contribution in [0.4, 0.5) is 5.69 Å². The second-order valence-corrected chi connectivity index (χ2v) is 8.43. The van der Waals surface area contributed by atoms with Gasteiger partial charge < -0.3 is 15.2 Å². The Hall–Kier alpha value is -2.42. The molecule has 0 saturated carbocycles. The molecule has 1 heterocycles. The molecule has 1 atom stereocenters. The van der Waals surface area contributed by atoms with Crippen molar-refractivity contribution in [1.82, 2.24) is 4.72 Å². The molecule has 28 heavy (non-hydrogen) atoms. The fourth-order valence-electron chi connectivity index (χ4n) is 3.11. The van der Waals surface area contributed by atoms with E-state index < -0.39 is 16.0 Å². The van der Waals surface area contributed by atoms with Gasteiger partial charge in [0.2, 0.25) is 10.0 Å². The van der Waals surface area contributed by atoms with E-state index in [9.17, 15) is 18.3 Å². The van der Waals surface area contributed by atoms with Crippen molar-refractivity contribution in [1.29, 1.82) is 0 Å². The lowest BCUT2D eigenvalue weighted by atomic mass is 10.1. The summed E-state index contributed by atoms with van der Waals surface area (Å²) in [6, 6.07) is 13.6. The van der Waals surface area contributed by atoms with E-state index >= 15 is 0 Å². The molecule has 1 saturated heterocycles. The molecule has 2 aromatic carbocycles. The molecule has 3 N–H and O–H groups in total. The maximum absolute atomic E-state index is 12.5. The van der Waals surface area contributed by atoms with E-state index in [0.29, 0.717) is 25.3 Å². The Morgan fingerprint density at radius 3 is 2.64 bits per heavy atom. The Morgan fingerprint density at radius 2 is 1.96 bits per heavy atom. The SMILES string of the molecule is O=C(O)c1cc(S(=O)(=O)NCCc2ccccc2)ccc1NCC1CCCO1. The first kappa shape index (κ1) is 20.3. The van der Waals surface area contributed by atoms with Crippen LogP contribution in [0.5, 0.6) is 0 Å². The molecule has 8 heteroatoms. The highest BCUT2D eigenvalue weighted by Gasteiger charge is 2.20. The molecule has 1 unspecified atom stereocenters. The number of hydrogen-bond acceptors (Lipinski definition) is 5. The minimum atomic E-state index is -3.80. The highest BCUT2D eigenvalue weighted by molar-refractivity contribution is 7.89. The van der Waals surface area contributed by atoms with Crippen LogP contribution in [0.1, 0.15) is 28.8 Å². The van der Waals surface area contributed by atoms with Gasteiger partial charge in [-0.05, 0) is 43.0 Å². The topological polar surface area (TPSA) is 105 Å². The highest BCUT2D eigenvalue weighted by atomic mass is 32.2. The van der Waals surface area contributed by atoms with Gasteiger partial charge in [0.15, 0.2) is 0 Å². The van der Waals surface area contributed by atoms with Gasteiger partial charge in [0, 0.05) is 25.4 Å². The number of benzene rings is 2. The maximum Gasteiger partial charge on any atom is 0.337 e. The normalized spacial score (nSPS) is 16.8. The molecule has 0 aliphatic carbocycles. The third kappa shape index (κ3) is 5.31. The van der Waals surface area contributed by atoms with Crippen molar-refractivity contribution < 1.29 is 23.1 Å². The lowest BCUT2D eigenvalue weighted by molar-refractivity contribution is 0.0697. The van der Waals surface area contributed by atoms with Crippen molar-refractivity contribution in [2.75, 3.05) is 25.0 Å². The van der Waals surface area contributed by atoms with Gasteiger partial charge in [-0.1, -0.05) is 30.3 Å². The molecule has 0 aromatic heterocycles. The number of rotatable bonds is 9. The number of ether oxygens (including phenoxy) is 1. The van der Waals surface area contributed by atoms with Crippen molar-refractivity contribution in [2.45, 2.75) is 30.3 Å². The first-order valence-electron chi connectivity index (χ1n) is 9.22. The highest BCUT2D eigenvalue weighted by Crippen LogP contribution is 2.22. The van der Waals surface area contributed by atoms with Crippen LogP contribution in [0.15, 0.2) is 53.4 Å². The van der Waals surface area contributed by atoms with E-state index in [0.717, 1.165) is 18.4 Å². The predicted octanol–water partition coefficient (Wildman–Crippen LogP) is 2.50. The lowest BCUT2D eigenvalue weighted by Crippen LogP contribution is -2.26. The molecule has 7 nitrogen and oxygen atoms in total. The lowest BCUT2D eigenvalue weighted by Gasteiger charge is -2.15. The summed E-state index contributed by atoms with van der Waals surface area (Å²) in [5, 5.41) is 12.5. The van der Waals surface area contributed by atoms with Crippen LogP contribution in [-0.2, 0) is 21.2 Å². The number of aromatic carboxylic acids is 1. The number of sulfonamides is 1. The zero-order chi connectivity index (χ0) is 20.0. The maximum atomic E-state index is 12.5. The molecule has 0 radical (unpaired) electrons. The van der Waals surface area contributed by atoms with Gasteiger partial charge in [-0.25, -0.2) is 17.9 Å². The summed E-state index contributed by atoms with van der Waals surface area (Å²) in [6.45, 7) is 1.43. The zero-order valence-electron chi connectivity index (χ0n) is 15.4. The number of carbonyl (C=O) groups is 1. The van der Waals surface area contributed by atoms with Crippen LogP contribution in [-0.4, -0.2) is 45.3 Å². The number of carboxylic acids is 1. The average molecular weight is 404 g/mol. The van der Waals surface area contributed by atoms with E-state index in [1.165, 1.54) is 18.2 Å². The molecule has 150 valence electrons. The summed E-state index contributed by atoms with van der Waals surface area (Å²) in [7, 11) is -3.80. The predicted molar refractivity (Wildman–Crippen MR) is 106 cm³/mol. The summed E-state index contributed by atoms with van der Waals surface area (Å²) in [5.74, 6) is -1.18. The Bertz CT molecular complexity index is 909. The average Bonchev–Trinajstić information content (AvgIpc) is 3.20. The van der Waals surface area contributed by atoms with Gasteiger partial charge in [0.05, 0.1) is 16.6 Å². The molecule has 0 amide bonds. The summed E-state index contributed by atoms with van der Waals surface area (Å²) < 4.78 is 33.1. The molecule has 1 fully saturated rings. The molecule has 1 aliphatic rings. The largest absolute Gasteiger partial charge is 0.478 e. The fourth-order valence-corrected chi connectivity index (χ4v) is 4.17. The van der Waals surface area contributed by atoms with Gasteiger partial charge in [-0.15, -0.1) is 0 Å². The van der Waals surface area contributed by atoms with Crippen LogP contribution >= 0.6 is 0 Å². The van der Waals surface area contributed by atoms with E-state index in [1.54, 1.807) is 0 Å². The molecule has 0 spiro atoms. The second kappa shape index (κ2) is 9.18. The summed E-state index contributed by atoms with van der Waals surface area (Å²) >= 11 is 0. The van der Waals surface area contributed by atoms with Gasteiger partial charge >= 0.3 is 5.97 Å². The fraction of sp³-hybridized carbons (Fsp3) is 0.350. The zero-order valence-corrected chi connectivity index (χ0v) is 16.2. The van der Waals surface area contributed by atoms with E-state index in [4.69, 9.17) is 4.74 Å². The smallest absolute Gasteiger partial charge is 0.337 e. The summed E-state index contributed by atoms with van der Waals surface area (Å²) in [5.41, 5.74) is 1.32. The van der Waals surface area contributed by atoms with Crippen LogP contribution < -0.4 is 10.0 Å². The number of carboxylic acid groups (broad SMARTS) is 1. The van der Waals surface area contributed by atoms with Gasteiger partial charge in [0.1, 0.15) is 0 Å². The summed E-state index contributed by atoms with van der Waals surface area (Å²) in [4.78, 5) is 11.5. The van der Waals surface area contributed by atoms with Gasteiger partial charge in [-0.2, -0.15) is 0 Å². The Morgan fingerprint density at radius 1 is 1.18 bits per heavy atom. The third-order valence-corrected chi connectivity index (χ3v) is 6.08. The standard InChI is InChI=1S/C20H24N2O5S/c23-20(24)18-13-17(8-9-19(18)21-14-16-7-4-12-27-16)28(25,26)22-11-10-15-5-2-1-3-6-15/h1-3,5-6,8-9,13,16,21-22H,4,7,10-12,14H2,(H,23,24). The van der Waals surface area contributed by atoms with Crippen molar-refractivity contribution >= 4 is 21.7 Å². The van der Waals surface area contributed by atoms with Gasteiger partial charge in [-0.3, -0.25) is 0 Å². The third-order valence-electron chi connectivity index (χ3n) is 4.62. The number of anilines is 1. The first-order valence-corrected chi connectivity index (χ1v) is 10.7. The minimum absolute atomic E-state index is 0.0460. The molecule has 3 rings (SSSR count). The monoisotopic (exact) mass is 404 g/mol. The van der Waals surface area contributed by atoms with E-state index in [-0.39, 0.29) is 23.1 Å². The second-order valence-electron chi connectivity index (χ2n) is 6.66. The van der Waals surface area contributed by atoms with Gasteiger partial charge in [0.25, 0.3) is 0 Å². The van der Waals surface area contributed by atoms with E-state index in [2.05, 4.69) is 10.0 Å². The molecule has 2 aromatic rings. The Balaban J connectivity index is 1.67. The summed E-state index contributed by atoms with van der Waals surface area (Å²) in [6.07, 6.45) is 2.51. The quantitative estimate of drug-likeness (QED) is 0.593. The number of hydrogen-bond donors (Lipinski definition) is 3. The van der Waals surface area contributed by atoms with Crippen molar-refractivity contribution in [2.24, 2.45) is 0 Å². The van der Waals surface area contributed by atoms with Crippen molar-refractivity contribution in [3.05, 3.63) is 59.7 Å². The Labute approximate surface area is 164 Å². The van der Waals surface area contributed by atoms with E-state index in [1.807, 2.05) is 30.3 Å². The Kier molecular flexibility index (Phi) is 6.66. The first-order chi connectivity index (χ1) is 13.5. The molecular weight excluding hydrogens is 380 g/mol. The van der Waals surface area contributed by atoms with Crippen LogP contribution in [0.25, 0.3) is 0 Å². The minimum Gasteiger partial charge on any atom is -0.478 e. The van der Waals surface area contributed by atoms with Crippen LogP contribution in [0.2, 0.25) is 0 Å².